The number of carboxylic acid groups (broad SMARTS) is 1. The molecular weight excluding hydrogens is 1380 g/mol. The van der Waals surface area contributed by atoms with Gasteiger partial charge in [-0.3, -0.25) is 29.3 Å². The number of hydrogen-bond donors (Lipinski definition) is 5. The number of aromatic carboxylic acids is 1. The first kappa shape index (κ1) is 76.1. The Hall–Kier alpha value is -10.1. The summed E-state index contributed by atoms with van der Waals surface area (Å²) in [5, 5.41) is 23.8. The SMILES string of the molecule is CC(=O)N(C)C1CN(C(=O)c2nc(N[C@@H](C)c3cncc(F)c3)nc3nc(C)sc23)C1.CN(C(=O)OC(C)(C)C)C1CNC1.Cc1nc2nc(N[C@@H](C)c3cncc(F)c3)nc(C(=O)N3CC(N(C)C(=O)OC(C)(C)C)C3)c2s1.Cc1nc2nc(N[C@@H](C)c3cncc(F)c3)nc(C(=O)O)c2s1. The summed E-state index contributed by atoms with van der Waals surface area (Å²) in [4.78, 5) is 132. The molecule has 0 saturated carbocycles. The maximum Gasteiger partial charge on any atom is 0.410 e. The molecule has 3 atom stereocenters. The zero-order valence-corrected chi connectivity index (χ0v) is 61.5. The molecule has 9 aromatic heterocycles. The lowest BCUT2D eigenvalue weighted by molar-refractivity contribution is -0.132. The van der Waals surface area contributed by atoms with Gasteiger partial charge < -0.3 is 60.3 Å². The maximum atomic E-state index is 13.6. The van der Waals surface area contributed by atoms with Crippen LogP contribution in [0, 0.1) is 38.2 Å². The molecule has 12 rings (SSSR count). The molecule has 36 heteroatoms. The number of ether oxygens (including phenoxy) is 2. The molecule has 0 aliphatic carbocycles. The molecule has 542 valence electrons. The predicted octanol–water partition coefficient (Wildman–Crippen LogP) is 9.82. The van der Waals surface area contributed by atoms with Gasteiger partial charge in [-0.25, -0.2) is 57.5 Å². The van der Waals surface area contributed by atoms with Gasteiger partial charge in [0.25, 0.3) is 11.8 Å². The van der Waals surface area contributed by atoms with Crippen molar-refractivity contribution in [2.75, 3.05) is 76.4 Å². The van der Waals surface area contributed by atoms with Gasteiger partial charge in [0.1, 0.15) is 42.8 Å². The van der Waals surface area contributed by atoms with Crippen molar-refractivity contribution in [2.24, 2.45) is 0 Å². The van der Waals surface area contributed by atoms with E-state index in [4.69, 9.17) is 9.47 Å². The standard InChI is InChI=1S/C23H28FN7O3S.C20H22FN7O2S.C14H12FN5O2S.C9H18N2O2/c1-12(14-7-15(24)9-25-8-14)26-21-28-17(18-19(29-21)27-13(2)35-18)20(32)31-10-16(11-31)30(6)22(33)34-23(3,4)5;1-10(13-5-14(21)7-22-6-13)23-20-25-16(17-18(26-20)24-11(2)31-17)19(30)28-8-15(9-28)27(4)12(3)29;1-6(8-3-9(15)5-16-4-8)17-14-19-10(13(21)22)11-12(20-14)18-7(2)23-11;1-9(2,3)13-8(12)11(4)7-5-10-6-7/h7-9,12,16H,10-11H2,1-6H3,(H,26,28,29);5-7,10,15H,8-9H2,1-4H3,(H,23,25,26);3-6H,1-2H3,(H,21,22)(H,17,19,20);7,10H,5-6H2,1-4H3/t12-;10-;6-;/m000./s1. The number of fused-ring (bicyclic) bond motifs is 3. The second-order valence-electron chi connectivity index (χ2n) is 26.4. The van der Waals surface area contributed by atoms with Crippen LogP contribution in [-0.4, -0.2) is 215 Å². The Morgan fingerprint density at radius 1 is 0.510 bits per heavy atom. The zero-order chi connectivity index (χ0) is 74.4. The van der Waals surface area contributed by atoms with Crippen LogP contribution in [0.25, 0.3) is 31.0 Å². The highest BCUT2D eigenvalue weighted by Crippen LogP contribution is 2.32. The summed E-state index contributed by atoms with van der Waals surface area (Å²) in [6, 6.07) is 3.22. The molecular formula is C66H80F3N21O9S3. The van der Waals surface area contributed by atoms with Crippen LogP contribution in [0.4, 0.5) is 40.6 Å². The van der Waals surface area contributed by atoms with Crippen molar-refractivity contribution >= 4 is 119 Å². The van der Waals surface area contributed by atoms with E-state index in [9.17, 15) is 47.0 Å². The Morgan fingerprint density at radius 2 is 0.824 bits per heavy atom. The van der Waals surface area contributed by atoms with E-state index in [0.29, 0.717) is 85.0 Å². The average Bonchev–Trinajstić information content (AvgIpc) is 1.50. The summed E-state index contributed by atoms with van der Waals surface area (Å²) in [5.41, 5.74) is 2.44. The van der Waals surface area contributed by atoms with Crippen LogP contribution < -0.4 is 21.3 Å². The van der Waals surface area contributed by atoms with Crippen LogP contribution in [-0.2, 0) is 14.3 Å². The van der Waals surface area contributed by atoms with Crippen molar-refractivity contribution in [2.45, 2.75) is 137 Å². The summed E-state index contributed by atoms with van der Waals surface area (Å²) in [6.45, 7) is 26.8. The van der Waals surface area contributed by atoms with Gasteiger partial charge in [0.05, 0.1) is 69.9 Å². The third-order valence-electron chi connectivity index (χ3n) is 16.0. The Labute approximate surface area is 597 Å². The number of nitrogens with one attached hydrogen (secondary N) is 4. The number of carbonyl (C=O) groups is 6. The molecule has 5 amide bonds. The van der Waals surface area contributed by atoms with E-state index in [1.165, 1.54) is 70.2 Å². The molecule has 12 heterocycles. The Morgan fingerprint density at radius 3 is 1.12 bits per heavy atom. The maximum absolute atomic E-state index is 13.6. The number of nitrogens with zero attached hydrogens (tertiary/aromatic N) is 17. The molecule has 0 radical (unpaired) electrons. The number of likely N-dealkylation sites (N-methyl/N-ethyl adjacent to an activating group) is 3. The molecule has 9 aromatic rings. The quantitative estimate of drug-likeness (QED) is 0.0637. The van der Waals surface area contributed by atoms with Crippen molar-refractivity contribution in [1.82, 2.24) is 89.6 Å². The smallest absolute Gasteiger partial charge is 0.410 e. The number of aryl methyl sites for hydroxylation is 3. The van der Waals surface area contributed by atoms with Gasteiger partial charge in [0.2, 0.25) is 23.8 Å². The molecule has 3 saturated heterocycles. The van der Waals surface area contributed by atoms with Gasteiger partial charge in [-0.1, -0.05) is 0 Å². The lowest BCUT2D eigenvalue weighted by Crippen LogP contribution is -2.61. The van der Waals surface area contributed by atoms with Gasteiger partial charge in [0, 0.05) is 85.9 Å². The Bertz CT molecular complexity index is 4580. The predicted molar refractivity (Wildman–Crippen MR) is 378 cm³/mol. The van der Waals surface area contributed by atoms with Crippen molar-refractivity contribution in [3.05, 3.63) is 122 Å². The molecule has 3 aliphatic heterocycles. The topological polar surface area (TPSA) is 360 Å². The van der Waals surface area contributed by atoms with Gasteiger partial charge >= 0.3 is 18.2 Å². The van der Waals surface area contributed by atoms with Crippen LogP contribution >= 0.6 is 34.0 Å². The Kier molecular flexibility index (Phi) is 23.8. The highest BCUT2D eigenvalue weighted by atomic mass is 32.1. The van der Waals surface area contributed by atoms with Gasteiger partial charge in [-0.2, -0.15) is 15.0 Å². The number of likely N-dealkylation sites (tertiary alicyclic amines) is 2. The number of amides is 5. The third-order valence-corrected chi connectivity index (χ3v) is 18.9. The monoisotopic (exact) mass is 1460 g/mol. The first-order valence-corrected chi connectivity index (χ1v) is 34.7. The molecule has 3 fully saturated rings. The molecule has 0 bridgehead atoms. The van der Waals surface area contributed by atoms with Crippen LogP contribution in [0.2, 0.25) is 0 Å². The summed E-state index contributed by atoms with van der Waals surface area (Å²) in [7, 11) is 5.18. The number of carbonyl (C=O) groups excluding carboxylic acids is 5. The highest BCUT2D eigenvalue weighted by molar-refractivity contribution is 7.19. The minimum absolute atomic E-state index is 0.0000644. The van der Waals surface area contributed by atoms with E-state index in [1.54, 1.807) is 67.0 Å². The van der Waals surface area contributed by atoms with Crippen LogP contribution in [0.15, 0.2) is 55.4 Å². The second-order valence-corrected chi connectivity index (χ2v) is 30.0. The van der Waals surface area contributed by atoms with Gasteiger partial charge in [-0.05, 0) is 118 Å². The number of halogens is 3. The largest absolute Gasteiger partial charge is 0.476 e. The van der Waals surface area contributed by atoms with Crippen LogP contribution in [0.1, 0.15) is 151 Å². The summed E-state index contributed by atoms with van der Waals surface area (Å²) in [6.07, 6.45) is 7.35. The lowest BCUT2D eigenvalue weighted by atomic mass is 10.1. The van der Waals surface area contributed by atoms with E-state index >= 15 is 0 Å². The molecule has 0 unspecified atom stereocenters. The fourth-order valence-electron chi connectivity index (χ4n) is 10.0. The van der Waals surface area contributed by atoms with Crippen molar-refractivity contribution in [3.8, 4) is 0 Å². The summed E-state index contributed by atoms with van der Waals surface area (Å²) >= 11 is 3.94. The summed E-state index contributed by atoms with van der Waals surface area (Å²) < 4.78 is 52.6. The van der Waals surface area contributed by atoms with Crippen LogP contribution in [0.5, 0.6) is 0 Å². The minimum Gasteiger partial charge on any atom is -0.476 e. The van der Waals surface area contributed by atoms with Crippen molar-refractivity contribution in [1.29, 1.82) is 0 Å². The van der Waals surface area contributed by atoms with E-state index in [-0.39, 0.29) is 89.0 Å². The number of aromatic nitrogens is 12. The molecule has 3 aliphatic rings. The lowest BCUT2D eigenvalue weighted by Gasteiger charge is -2.43. The number of hydrogen-bond acceptors (Lipinski definition) is 27. The third kappa shape index (κ3) is 19.3. The zero-order valence-electron chi connectivity index (χ0n) is 59.1. The minimum atomic E-state index is -1.15. The highest BCUT2D eigenvalue weighted by Gasteiger charge is 2.40. The second kappa shape index (κ2) is 31.9. The summed E-state index contributed by atoms with van der Waals surface area (Å²) in [5.74, 6) is -2.44. The number of thiazole rings is 3. The normalized spacial score (nSPS) is 14.7. The first-order chi connectivity index (χ1) is 48.0. The molecule has 30 nitrogen and oxygen atoms in total. The van der Waals surface area contributed by atoms with E-state index in [1.807, 2.05) is 69.2 Å². The van der Waals surface area contributed by atoms with E-state index in [0.717, 1.165) is 41.7 Å². The number of pyridine rings is 3. The van der Waals surface area contributed by atoms with Crippen molar-refractivity contribution < 1.29 is 56.5 Å². The fraction of sp³-hybridized carbons (Fsp3) is 0.455. The molecule has 0 spiro atoms. The van der Waals surface area contributed by atoms with Gasteiger partial charge in [-0.15, -0.1) is 34.0 Å². The Balaban J connectivity index is 0.000000166. The van der Waals surface area contributed by atoms with E-state index in [2.05, 4.69) is 81.1 Å². The number of carboxylic acids is 1. The number of rotatable bonds is 15. The number of anilines is 3. The molecule has 102 heavy (non-hydrogen) atoms. The molecule has 5 N–H and O–H groups in total. The average molecular weight is 1460 g/mol. The van der Waals surface area contributed by atoms with Crippen LogP contribution in [0.3, 0.4) is 0 Å². The first-order valence-electron chi connectivity index (χ1n) is 32.2. The van der Waals surface area contributed by atoms with Crippen molar-refractivity contribution in [3.63, 3.8) is 0 Å². The van der Waals surface area contributed by atoms with E-state index < -0.39 is 40.7 Å². The fourth-order valence-corrected chi connectivity index (χ4v) is 12.6. The van der Waals surface area contributed by atoms with Gasteiger partial charge in [0.15, 0.2) is 34.0 Å². The molecule has 0 aromatic carbocycles.